The Bertz CT molecular complexity index is 227. The highest BCUT2D eigenvalue weighted by molar-refractivity contribution is 5.91. The van der Waals surface area contributed by atoms with Crippen LogP contribution in [-0.4, -0.2) is 31.1 Å². The molecule has 0 aliphatic carbocycles. The average molecular weight is 225 g/mol. The smallest absolute Gasteiger partial charge is 0.344 e. The second-order valence-electron chi connectivity index (χ2n) is 2.00. The van der Waals surface area contributed by atoms with E-state index in [4.69, 9.17) is 11.5 Å². The molecule has 0 bridgehead atoms. The number of carbonyl (C=O) groups is 2. The van der Waals surface area contributed by atoms with Gasteiger partial charge < -0.3 is 21.5 Å². The molecule has 2 amide bonds. The van der Waals surface area contributed by atoms with E-state index in [1.165, 1.54) is 0 Å². The van der Waals surface area contributed by atoms with E-state index in [1.807, 2.05) is 0 Å². The topological polar surface area (TPSA) is 120 Å². The van der Waals surface area contributed by atoms with Gasteiger partial charge in [0.05, 0.1) is 6.61 Å². The molecule has 0 atom stereocenters. The molecule has 0 aromatic heterocycles. The summed E-state index contributed by atoms with van der Waals surface area (Å²) in [5.74, 6) is -0.900. The summed E-state index contributed by atoms with van der Waals surface area (Å²) in [4.78, 5) is 24.5. The van der Waals surface area contributed by atoms with E-state index in [9.17, 15) is 9.59 Å². The molecular weight excluding hydrogens is 212 g/mol. The quantitative estimate of drug-likeness (QED) is 0.321. The number of aliphatic imine (C=N–C) groups is 1. The van der Waals surface area contributed by atoms with Crippen LogP contribution in [0, 0.1) is 0 Å². The van der Waals surface area contributed by atoms with E-state index in [1.54, 1.807) is 6.92 Å². The van der Waals surface area contributed by atoms with Crippen LogP contribution in [0.5, 0.6) is 0 Å². The van der Waals surface area contributed by atoms with Crippen LogP contribution in [0.4, 0.5) is 4.79 Å². The summed E-state index contributed by atoms with van der Waals surface area (Å²) in [6, 6.07) is -0.770. The van der Waals surface area contributed by atoms with Crippen LogP contribution in [-0.2, 0) is 9.53 Å². The fraction of sp³-hybridized carbons (Fsp3) is 0.500. The van der Waals surface area contributed by atoms with Gasteiger partial charge >= 0.3 is 12.0 Å². The molecule has 0 aliphatic heterocycles. The van der Waals surface area contributed by atoms with Crippen LogP contribution in [0.25, 0.3) is 0 Å². The van der Waals surface area contributed by atoms with Crippen molar-refractivity contribution in [3.8, 4) is 0 Å². The van der Waals surface area contributed by atoms with Gasteiger partial charge in [-0.15, -0.1) is 12.4 Å². The highest BCUT2D eigenvalue weighted by Gasteiger charge is 2.03. The summed E-state index contributed by atoms with van der Waals surface area (Å²) >= 11 is 0. The van der Waals surface area contributed by atoms with Gasteiger partial charge in [0.25, 0.3) is 0 Å². The van der Waals surface area contributed by atoms with Crippen LogP contribution in [0.2, 0.25) is 0 Å². The van der Waals surface area contributed by atoms with E-state index in [0.717, 1.165) is 0 Å². The third kappa shape index (κ3) is 8.60. The van der Waals surface area contributed by atoms with E-state index in [2.05, 4.69) is 15.0 Å². The van der Waals surface area contributed by atoms with Gasteiger partial charge in [0.1, 0.15) is 6.54 Å². The predicted molar refractivity (Wildman–Crippen MR) is 53.1 cm³/mol. The fourth-order valence-electron chi connectivity index (χ4n) is 0.517. The third-order valence-electron chi connectivity index (χ3n) is 0.920. The summed E-state index contributed by atoms with van der Waals surface area (Å²) in [7, 11) is 0. The van der Waals surface area contributed by atoms with E-state index in [0.29, 0.717) is 0 Å². The van der Waals surface area contributed by atoms with Crippen molar-refractivity contribution >= 4 is 30.4 Å². The van der Waals surface area contributed by atoms with Gasteiger partial charge in [-0.3, -0.25) is 4.79 Å². The third-order valence-corrected chi connectivity index (χ3v) is 0.920. The van der Waals surface area contributed by atoms with Crippen molar-refractivity contribution in [1.29, 1.82) is 0 Å². The Labute approximate surface area is 87.3 Å². The normalized spacial score (nSPS) is 8.07. The zero-order chi connectivity index (χ0) is 10.3. The Hall–Kier alpha value is -1.50. The minimum atomic E-state index is -0.770. The van der Waals surface area contributed by atoms with Crippen molar-refractivity contribution in [2.24, 2.45) is 16.5 Å². The molecule has 0 aromatic rings. The maximum atomic E-state index is 10.7. The van der Waals surface area contributed by atoms with E-state index in [-0.39, 0.29) is 31.5 Å². The number of nitrogens with one attached hydrogen (secondary N) is 1. The highest BCUT2D eigenvalue weighted by atomic mass is 35.5. The van der Waals surface area contributed by atoms with Crippen molar-refractivity contribution in [3.05, 3.63) is 0 Å². The van der Waals surface area contributed by atoms with Crippen molar-refractivity contribution in [1.82, 2.24) is 5.32 Å². The van der Waals surface area contributed by atoms with Crippen molar-refractivity contribution in [2.45, 2.75) is 6.92 Å². The molecule has 14 heavy (non-hydrogen) atoms. The minimum absolute atomic E-state index is 0. The minimum Gasteiger partial charge on any atom is -0.465 e. The predicted octanol–water partition coefficient (Wildman–Crippen LogP) is -1.05. The van der Waals surface area contributed by atoms with Gasteiger partial charge in [-0.2, -0.15) is 4.99 Å². The molecule has 0 spiro atoms. The lowest BCUT2D eigenvalue weighted by molar-refractivity contribution is -0.141. The zero-order valence-corrected chi connectivity index (χ0v) is 8.47. The first-order valence-electron chi connectivity index (χ1n) is 3.59. The molecule has 0 rings (SSSR count). The summed E-state index contributed by atoms with van der Waals surface area (Å²) in [6.45, 7) is 1.68. The molecule has 7 nitrogen and oxygen atoms in total. The number of rotatable bonds is 3. The van der Waals surface area contributed by atoms with E-state index < -0.39 is 12.0 Å². The van der Waals surface area contributed by atoms with Crippen LogP contribution < -0.4 is 16.8 Å². The van der Waals surface area contributed by atoms with Gasteiger partial charge in [-0.1, -0.05) is 0 Å². The van der Waals surface area contributed by atoms with Gasteiger partial charge in [0.2, 0.25) is 0 Å². The number of guanidine groups is 1. The largest absolute Gasteiger partial charge is 0.465 e. The number of urea groups is 1. The second kappa shape index (κ2) is 8.11. The molecule has 0 saturated carbocycles. The number of ether oxygens (including phenoxy) is 1. The molecule has 8 heteroatoms. The number of carbonyl (C=O) groups excluding carboxylic acids is 2. The van der Waals surface area contributed by atoms with Crippen molar-refractivity contribution in [2.75, 3.05) is 13.2 Å². The standard InChI is InChI=1S/C6H12N4O3.ClH/c1-2-13-4(11)3-9-6(12)10-5(7)8;/h2-3H2,1H3,(H5,7,8,9,10,12);1H. The number of hydrogen-bond donors (Lipinski definition) is 3. The van der Waals surface area contributed by atoms with Gasteiger partial charge in [-0.25, -0.2) is 4.79 Å². The van der Waals surface area contributed by atoms with Gasteiger partial charge in [0, 0.05) is 0 Å². The summed E-state index contributed by atoms with van der Waals surface area (Å²) in [5.41, 5.74) is 9.82. The first-order valence-corrected chi connectivity index (χ1v) is 3.59. The lowest BCUT2D eigenvalue weighted by Crippen LogP contribution is -2.32. The number of amides is 2. The first kappa shape index (κ1) is 15.0. The number of nitrogens with zero attached hydrogens (tertiary/aromatic N) is 1. The monoisotopic (exact) mass is 224 g/mol. The van der Waals surface area contributed by atoms with Crippen LogP contribution in [0.3, 0.4) is 0 Å². The number of nitrogens with two attached hydrogens (primary N) is 2. The molecular formula is C6H13ClN4O3. The van der Waals surface area contributed by atoms with Crippen LogP contribution >= 0.6 is 12.4 Å². The van der Waals surface area contributed by atoms with Crippen molar-refractivity contribution < 1.29 is 14.3 Å². The molecule has 0 unspecified atom stereocenters. The lowest BCUT2D eigenvalue weighted by atomic mass is 10.6. The molecule has 0 heterocycles. The number of esters is 1. The molecule has 0 fully saturated rings. The molecule has 5 N–H and O–H groups in total. The number of hydrogen-bond acceptors (Lipinski definition) is 3. The maximum absolute atomic E-state index is 10.7. The average Bonchev–Trinajstić information content (AvgIpc) is 2.00. The highest BCUT2D eigenvalue weighted by Crippen LogP contribution is 1.77. The second-order valence-corrected chi connectivity index (χ2v) is 2.00. The zero-order valence-electron chi connectivity index (χ0n) is 7.65. The Kier molecular flexibility index (Phi) is 8.69. The molecule has 82 valence electrons. The van der Waals surface area contributed by atoms with E-state index >= 15 is 0 Å². The summed E-state index contributed by atoms with van der Waals surface area (Å²) in [6.07, 6.45) is 0. The Balaban J connectivity index is 0. The van der Waals surface area contributed by atoms with Crippen LogP contribution in [0.15, 0.2) is 4.99 Å². The molecule has 0 saturated heterocycles. The Morgan fingerprint density at radius 2 is 2.00 bits per heavy atom. The maximum Gasteiger partial charge on any atom is 0.344 e. The summed E-state index contributed by atoms with van der Waals surface area (Å²) < 4.78 is 4.53. The lowest BCUT2D eigenvalue weighted by Gasteiger charge is -2.01. The molecule has 0 radical (unpaired) electrons. The SMILES string of the molecule is CCOC(=O)CNC(=O)N=C(N)N.Cl. The fourth-order valence-corrected chi connectivity index (χ4v) is 0.517. The Morgan fingerprint density at radius 1 is 1.43 bits per heavy atom. The molecule has 0 aliphatic rings. The Morgan fingerprint density at radius 3 is 2.43 bits per heavy atom. The summed E-state index contributed by atoms with van der Waals surface area (Å²) in [5, 5.41) is 2.14. The van der Waals surface area contributed by atoms with Gasteiger partial charge in [0.15, 0.2) is 5.96 Å². The first-order chi connectivity index (χ1) is 6.06. The molecule has 0 aromatic carbocycles. The number of halogens is 1. The van der Waals surface area contributed by atoms with Crippen molar-refractivity contribution in [3.63, 3.8) is 0 Å². The van der Waals surface area contributed by atoms with Gasteiger partial charge in [-0.05, 0) is 6.92 Å². The van der Waals surface area contributed by atoms with Crippen LogP contribution in [0.1, 0.15) is 6.92 Å².